The van der Waals surface area contributed by atoms with Gasteiger partial charge < -0.3 is 30.5 Å². The lowest BCUT2D eigenvalue weighted by Crippen LogP contribution is -2.51. The van der Waals surface area contributed by atoms with Crippen LogP contribution < -0.4 is 16.0 Å². The quantitative estimate of drug-likeness (QED) is 0.508. The number of aliphatic hydroxyl groups excluding tert-OH is 1. The number of aryl methyl sites for hydroxylation is 1. The van der Waals surface area contributed by atoms with Crippen LogP contribution in [0.25, 0.3) is 0 Å². The van der Waals surface area contributed by atoms with E-state index < -0.39 is 0 Å². The second-order valence-corrected chi connectivity index (χ2v) is 11.4. The summed E-state index contributed by atoms with van der Waals surface area (Å²) in [5.74, 6) is 1.42. The highest BCUT2D eigenvalue weighted by molar-refractivity contribution is 7.99. The molecule has 0 aliphatic carbocycles. The fraction of sp³-hybridized carbons (Fsp3) is 0.640. The standard InChI is InChI=1S/C25H35ClN6O3S/c1-15-24(36-19-3-8-28-22(20(19)26)30-17-4-11-34-12-5-17)31-18(13-33)23(29-15)32-9-6-25(7-10-32)14-35-16(2)21(25)27/h3,8,16-17,21,33H,4-7,9-14,27H2,1-2H3,(H,28,30)/t16-,21+/m0/s1. The summed E-state index contributed by atoms with van der Waals surface area (Å²) in [6, 6.07) is 2.23. The van der Waals surface area contributed by atoms with Crippen molar-refractivity contribution in [3.8, 4) is 0 Å². The summed E-state index contributed by atoms with van der Waals surface area (Å²) in [5, 5.41) is 14.9. The molecule has 5 heterocycles. The van der Waals surface area contributed by atoms with Gasteiger partial charge in [0.15, 0.2) is 5.82 Å². The van der Waals surface area contributed by atoms with Gasteiger partial charge in [-0.25, -0.2) is 15.0 Å². The summed E-state index contributed by atoms with van der Waals surface area (Å²) in [6.45, 7) is 7.65. The van der Waals surface area contributed by atoms with Gasteiger partial charge in [-0.2, -0.15) is 0 Å². The highest BCUT2D eigenvalue weighted by Gasteiger charge is 2.47. The largest absolute Gasteiger partial charge is 0.390 e. The molecule has 9 nitrogen and oxygen atoms in total. The molecule has 4 N–H and O–H groups in total. The molecule has 196 valence electrons. The van der Waals surface area contributed by atoms with E-state index in [0.29, 0.717) is 29.2 Å². The number of nitrogens with one attached hydrogen (secondary N) is 1. The Bertz CT molecular complexity index is 1080. The number of ether oxygens (including phenoxy) is 2. The molecule has 3 aliphatic rings. The van der Waals surface area contributed by atoms with Crippen LogP contribution in [0.4, 0.5) is 11.6 Å². The highest BCUT2D eigenvalue weighted by Crippen LogP contribution is 2.43. The van der Waals surface area contributed by atoms with Gasteiger partial charge in [0.1, 0.15) is 16.5 Å². The number of anilines is 2. The predicted octanol–water partition coefficient (Wildman–Crippen LogP) is 3.40. The zero-order chi connectivity index (χ0) is 25.3. The molecular formula is C25H35ClN6O3S. The summed E-state index contributed by atoms with van der Waals surface area (Å²) in [7, 11) is 0. The van der Waals surface area contributed by atoms with Gasteiger partial charge in [-0.15, -0.1) is 0 Å². The summed E-state index contributed by atoms with van der Waals surface area (Å²) in [6.07, 6.45) is 5.58. The number of nitrogens with two attached hydrogens (primary N) is 1. The van der Waals surface area contributed by atoms with Crippen LogP contribution in [0.5, 0.6) is 0 Å². The Labute approximate surface area is 221 Å². The molecule has 2 aromatic rings. The minimum Gasteiger partial charge on any atom is -0.390 e. The molecule has 36 heavy (non-hydrogen) atoms. The van der Waals surface area contributed by atoms with E-state index in [0.717, 1.165) is 73.4 Å². The maximum absolute atomic E-state index is 10.2. The second-order valence-electron chi connectivity index (χ2n) is 10.0. The van der Waals surface area contributed by atoms with Gasteiger partial charge in [0.2, 0.25) is 0 Å². The molecule has 11 heteroatoms. The number of aliphatic hydroxyl groups is 1. The molecule has 3 aliphatic heterocycles. The Morgan fingerprint density at radius 1 is 1.28 bits per heavy atom. The number of rotatable bonds is 6. The van der Waals surface area contributed by atoms with E-state index in [2.05, 4.69) is 22.1 Å². The first kappa shape index (κ1) is 25.9. The van der Waals surface area contributed by atoms with E-state index >= 15 is 0 Å². The van der Waals surface area contributed by atoms with Gasteiger partial charge in [0.25, 0.3) is 0 Å². The Hall–Kier alpha value is -1.69. The average Bonchev–Trinajstić information content (AvgIpc) is 3.17. The third-order valence-electron chi connectivity index (χ3n) is 7.76. The van der Waals surface area contributed by atoms with Crippen molar-refractivity contribution in [2.45, 2.75) is 74.2 Å². The molecule has 1 spiro atoms. The first-order valence-electron chi connectivity index (χ1n) is 12.7. The van der Waals surface area contributed by atoms with Crippen LogP contribution in [0.2, 0.25) is 5.02 Å². The van der Waals surface area contributed by atoms with Crippen molar-refractivity contribution < 1.29 is 14.6 Å². The predicted molar refractivity (Wildman–Crippen MR) is 141 cm³/mol. The van der Waals surface area contributed by atoms with E-state index in [1.807, 2.05) is 13.0 Å². The lowest BCUT2D eigenvalue weighted by molar-refractivity contribution is 0.0904. The Balaban J connectivity index is 1.32. The SMILES string of the molecule is Cc1nc(N2CCC3(CC2)CO[C@@H](C)[C@H]3N)c(CO)nc1Sc1ccnc(NC2CCOCC2)c1Cl. The molecule has 5 rings (SSSR count). The minimum atomic E-state index is -0.182. The molecule has 0 saturated carbocycles. The molecule has 3 fully saturated rings. The van der Waals surface area contributed by atoms with Crippen LogP contribution in [0.1, 0.15) is 44.0 Å². The van der Waals surface area contributed by atoms with Crippen LogP contribution in [-0.4, -0.2) is 71.2 Å². The fourth-order valence-electron chi connectivity index (χ4n) is 5.36. The summed E-state index contributed by atoms with van der Waals surface area (Å²) >= 11 is 8.18. The normalized spacial score (nSPS) is 24.4. The number of pyridine rings is 1. The molecule has 0 radical (unpaired) electrons. The van der Waals surface area contributed by atoms with E-state index in [1.54, 1.807) is 6.20 Å². The zero-order valence-corrected chi connectivity index (χ0v) is 22.4. The minimum absolute atomic E-state index is 0.0298. The van der Waals surface area contributed by atoms with Crippen molar-refractivity contribution in [2.75, 3.05) is 43.1 Å². The molecular weight excluding hydrogens is 500 g/mol. The van der Waals surface area contributed by atoms with E-state index in [-0.39, 0.29) is 24.2 Å². The smallest absolute Gasteiger partial charge is 0.153 e. The fourth-order valence-corrected chi connectivity index (χ4v) is 6.52. The van der Waals surface area contributed by atoms with E-state index in [1.165, 1.54) is 11.8 Å². The van der Waals surface area contributed by atoms with Gasteiger partial charge in [-0.05, 0) is 45.6 Å². The van der Waals surface area contributed by atoms with Crippen LogP contribution in [0.3, 0.4) is 0 Å². The van der Waals surface area contributed by atoms with Crippen molar-refractivity contribution in [1.29, 1.82) is 0 Å². The zero-order valence-electron chi connectivity index (χ0n) is 20.9. The monoisotopic (exact) mass is 534 g/mol. The third kappa shape index (κ3) is 5.16. The summed E-state index contributed by atoms with van der Waals surface area (Å²) in [5.41, 5.74) is 7.88. The summed E-state index contributed by atoms with van der Waals surface area (Å²) < 4.78 is 11.3. The number of nitrogens with zero attached hydrogens (tertiary/aromatic N) is 4. The Morgan fingerprint density at radius 2 is 2.03 bits per heavy atom. The van der Waals surface area contributed by atoms with Crippen molar-refractivity contribution in [2.24, 2.45) is 11.1 Å². The molecule has 0 unspecified atom stereocenters. The molecule has 0 aromatic carbocycles. The van der Waals surface area contributed by atoms with Gasteiger partial charge >= 0.3 is 0 Å². The van der Waals surface area contributed by atoms with Gasteiger partial charge in [-0.1, -0.05) is 23.4 Å². The maximum Gasteiger partial charge on any atom is 0.153 e. The van der Waals surface area contributed by atoms with E-state index in [4.69, 9.17) is 36.8 Å². The number of aromatic nitrogens is 3. The highest BCUT2D eigenvalue weighted by atomic mass is 35.5. The lowest BCUT2D eigenvalue weighted by Gasteiger charge is -2.42. The molecule has 0 bridgehead atoms. The Kier molecular flexibility index (Phi) is 7.90. The van der Waals surface area contributed by atoms with Gasteiger partial charge in [0.05, 0.1) is 30.0 Å². The van der Waals surface area contributed by atoms with Gasteiger partial charge in [-0.3, -0.25) is 0 Å². The number of halogens is 1. The third-order valence-corrected chi connectivity index (χ3v) is 9.39. The van der Waals surface area contributed by atoms with Crippen molar-refractivity contribution >= 4 is 35.0 Å². The van der Waals surface area contributed by atoms with Crippen LogP contribution >= 0.6 is 23.4 Å². The van der Waals surface area contributed by atoms with Crippen LogP contribution in [0.15, 0.2) is 22.2 Å². The molecule has 0 amide bonds. The van der Waals surface area contributed by atoms with Crippen molar-refractivity contribution in [3.63, 3.8) is 0 Å². The number of piperidine rings is 1. The van der Waals surface area contributed by atoms with E-state index in [9.17, 15) is 5.11 Å². The summed E-state index contributed by atoms with van der Waals surface area (Å²) in [4.78, 5) is 17.2. The number of hydrogen-bond acceptors (Lipinski definition) is 10. The van der Waals surface area contributed by atoms with Gasteiger partial charge in [0, 0.05) is 54.9 Å². The molecule has 2 atom stereocenters. The molecule has 2 aromatic heterocycles. The Morgan fingerprint density at radius 3 is 2.69 bits per heavy atom. The molecule has 3 saturated heterocycles. The van der Waals surface area contributed by atoms with Crippen LogP contribution in [-0.2, 0) is 16.1 Å². The van der Waals surface area contributed by atoms with Crippen molar-refractivity contribution in [3.05, 3.63) is 28.7 Å². The average molecular weight is 535 g/mol. The van der Waals surface area contributed by atoms with Crippen LogP contribution in [0, 0.1) is 12.3 Å². The van der Waals surface area contributed by atoms with Crippen molar-refractivity contribution in [1.82, 2.24) is 15.0 Å². The maximum atomic E-state index is 10.2. The lowest BCUT2D eigenvalue weighted by atomic mass is 9.73. The topological polar surface area (TPSA) is 119 Å². The first-order chi connectivity index (χ1) is 17.4. The second kappa shape index (κ2) is 11.0. The number of hydrogen-bond donors (Lipinski definition) is 3. The first-order valence-corrected chi connectivity index (χ1v) is 13.9.